The highest BCUT2D eigenvalue weighted by atomic mass is 31.2. The van der Waals surface area contributed by atoms with Gasteiger partial charge in [-0.1, -0.05) is 18.2 Å². The fourth-order valence-corrected chi connectivity index (χ4v) is 4.20. The van der Waals surface area contributed by atoms with Crippen LogP contribution in [-0.4, -0.2) is 39.6 Å². The summed E-state index contributed by atoms with van der Waals surface area (Å²) < 4.78 is 12.6. The van der Waals surface area contributed by atoms with Crippen molar-refractivity contribution in [2.75, 3.05) is 6.16 Å². The van der Waals surface area contributed by atoms with E-state index < -0.39 is 30.4 Å². The zero-order valence-electron chi connectivity index (χ0n) is 9.28. The Kier molecular flexibility index (Phi) is 5.62. The van der Waals surface area contributed by atoms with Crippen LogP contribution in [0.25, 0.3) is 0 Å². The highest BCUT2D eigenvalue weighted by Gasteiger charge is 2.44. The van der Waals surface area contributed by atoms with Gasteiger partial charge in [0, 0.05) is 6.16 Å². The number of rotatable bonds is 8. The van der Waals surface area contributed by atoms with Crippen molar-refractivity contribution in [3.05, 3.63) is 38.0 Å². The second kappa shape index (κ2) is 6.21. The van der Waals surface area contributed by atoms with Gasteiger partial charge in [0.1, 0.15) is 18.5 Å². The molecule has 0 aromatic carbocycles. The average molecular weight is 258 g/mol. The summed E-state index contributed by atoms with van der Waals surface area (Å²) in [7, 11) is -3.61. The molecule has 0 rings (SSSR count). The standard InChI is InChI=1S/C11H15O5P/c1-4-7-17(16,8(5-2)10(12)13)9(6-3)11(14)15/h4-6,8-9H,1-3,7H2,(H,12,13)(H,14,15). The van der Waals surface area contributed by atoms with E-state index in [1.807, 2.05) is 0 Å². The van der Waals surface area contributed by atoms with Gasteiger partial charge < -0.3 is 14.8 Å². The third-order valence-corrected chi connectivity index (χ3v) is 5.88. The number of allylic oxidation sites excluding steroid dienone is 1. The molecule has 0 aliphatic rings. The van der Waals surface area contributed by atoms with Crippen LogP contribution >= 0.6 is 7.14 Å². The first kappa shape index (κ1) is 15.4. The second-order valence-electron chi connectivity index (χ2n) is 3.36. The Balaban J connectivity index is 5.71. The van der Waals surface area contributed by atoms with Crippen molar-refractivity contribution in [3.63, 3.8) is 0 Å². The molecule has 2 unspecified atom stereocenters. The monoisotopic (exact) mass is 258 g/mol. The van der Waals surface area contributed by atoms with E-state index in [2.05, 4.69) is 19.7 Å². The number of aliphatic carboxylic acids is 2. The Morgan fingerprint density at radius 2 is 1.41 bits per heavy atom. The van der Waals surface area contributed by atoms with Gasteiger partial charge >= 0.3 is 11.9 Å². The maximum Gasteiger partial charge on any atom is 0.317 e. The zero-order chi connectivity index (χ0) is 13.6. The van der Waals surface area contributed by atoms with E-state index in [9.17, 15) is 14.2 Å². The van der Waals surface area contributed by atoms with E-state index in [0.29, 0.717) is 0 Å². The molecule has 0 radical (unpaired) electrons. The molecule has 0 spiro atoms. The molecule has 0 aliphatic carbocycles. The Bertz CT molecular complexity index is 369. The van der Waals surface area contributed by atoms with E-state index >= 15 is 0 Å². The second-order valence-corrected chi connectivity index (χ2v) is 6.55. The molecule has 0 aromatic rings. The van der Waals surface area contributed by atoms with Gasteiger partial charge in [-0.15, -0.1) is 19.7 Å². The van der Waals surface area contributed by atoms with Gasteiger partial charge in [-0.25, -0.2) is 0 Å². The average Bonchev–Trinajstić information content (AvgIpc) is 2.18. The number of hydrogen-bond acceptors (Lipinski definition) is 3. The first-order chi connectivity index (χ1) is 7.84. The minimum atomic E-state index is -3.61. The Labute approximate surface area is 99.5 Å². The number of carbonyl (C=O) groups is 2. The van der Waals surface area contributed by atoms with Crippen molar-refractivity contribution in [2.24, 2.45) is 0 Å². The fourth-order valence-electron chi connectivity index (χ4n) is 1.53. The lowest BCUT2D eigenvalue weighted by Gasteiger charge is -2.25. The summed E-state index contributed by atoms with van der Waals surface area (Å²) in [6.45, 7) is 9.96. The zero-order valence-corrected chi connectivity index (χ0v) is 10.2. The molecule has 0 aromatic heterocycles. The van der Waals surface area contributed by atoms with Crippen LogP contribution in [0.3, 0.4) is 0 Å². The highest BCUT2D eigenvalue weighted by molar-refractivity contribution is 7.67. The molecule has 2 atom stereocenters. The minimum Gasteiger partial charge on any atom is -0.480 e. The molecule has 17 heavy (non-hydrogen) atoms. The van der Waals surface area contributed by atoms with Crippen molar-refractivity contribution in [1.29, 1.82) is 0 Å². The number of carboxylic acids is 2. The SMILES string of the molecule is C=CCP(=O)(C(C=C)C(=O)O)C(C=C)C(=O)O. The topological polar surface area (TPSA) is 91.7 Å². The van der Waals surface area contributed by atoms with E-state index in [4.69, 9.17) is 10.2 Å². The van der Waals surface area contributed by atoms with Crippen molar-refractivity contribution in [2.45, 2.75) is 11.3 Å². The summed E-state index contributed by atoms with van der Waals surface area (Å²) in [5, 5.41) is 17.9. The molecular formula is C11H15O5P. The van der Waals surface area contributed by atoms with Crippen LogP contribution in [0.5, 0.6) is 0 Å². The van der Waals surface area contributed by atoms with Crippen molar-refractivity contribution >= 4 is 19.1 Å². The predicted molar refractivity (Wildman–Crippen MR) is 65.9 cm³/mol. The Morgan fingerprint density at radius 1 is 1.06 bits per heavy atom. The highest BCUT2D eigenvalue weighted by Crippen LogP contribution is 2.56. The van der Waals surface area contributed by atoms with Crippen LogP contribution in [0.15, 0.2) is 38.0 Å². The molecule has 0 aliphatic heterocycles. The third kappa shape index (κ3) is 3.17. The summed E-state index contributed by atoms with van der Waals surface area (Å²) in [6, 6.07) is 0. The first-order valence-corrected chi connectivity index (χ1v) is 6.78. The molecule has 0 bridgehead atoms. The van der Waals surface area contributed by atoms with Crippen LogP contribution in [0, 0.1) is 0 Å². The van der Waals surface area contributed by atoms with Crippen LogP contribution in [0.4, 0.5) is 0 Å². The van der Waals surface area contributed by atoms with Crippen molar-refractivity contribution in [1.82, 2.24) is 0 Å². The van der Waals surface area contributed by atoms with Crippen LogP contribution in [-0.2, 0) is 14.2 Å². The smallest absolute Gasteiger partial charge is 0.317 e. The molecule has 94 valence electrons. The van der Waals surface area contributed by atoms with Gasteiger partial charge in [0.15, 0.2) is 0 Å². The quantitative estimate of drug-likeness (QED) is 0.511. The lowest BCUT2D eigenvalue weighted by molar-refractivity contribution is -0.135. The molecule has 0 fully saturated rings. The summed E-state index contributed by atoms with van der Waals surface area (Å²) in [5.74, 6) is -2.73. The van der Waals surface area contributed by atoms with Crippen molar-refractivity contribution in [3.8, 4) is 0 Å². The maximum absolute atomic E-state index is 12.6. The lowest BCUT2D eigenvalue weighted by atomic mass is 10.4. The van der Waals surface area contributed by atoms with Crippen molar-refractivity contribution < 1.29 is 24.4 Å². The van der Waals surface area contributed by atoms with E-state index in [0.717, 1.165) is 12.2 Å². The molecule has 6 heteroatoms. The van der Waals surface area contributed by atoms with Gasteiger partial charge in [0.05, 0.1) is 0 Å². The van der Waals surface area contributed by atoms with Crippen LogP contribution in [0.2, 0.25) is 0 Å². The number of carboxylic acid groups (broad SMARTS) is 2. The van der Waals surface area contributed by atoms with Gasteiger partial charge in [-0.05, 0) is 0 Å². The minimum absolute atomic E-state index is 0.195. The molecule has 5 nitrogen and oxygen atoms in total. The van der Waals surface area contributed by atoms with Gasteiger partial charge in [0.25, 0.3) is 0 Å². The molecule has 0 amide bonds. The summed E-state index contributed by atoms with van der Waals surface area (Å²) in [5.41, 5.74) is -2.83. The summed E-state index contributed by atoms with van der Waals surface area (Å²) in [4.78, 5) is 22.0. The summed E-state index contributed by atoms with van der Waals surface area (Å²) >= 11 is 0. The largest absolute Gasteiger partial charge is 0.480 e. The predicted octanol–water partition coefficient (Wildman–Crippen LogP) is 1.81. The fraction of sp³-hybridized carbons (Fsp3) is 0.273. The third-order valence-electron chi connectivity index (χ3n) is 2.31. The number of hydrogen-bond donors (Lipinski definition) is 2. The Hall–Kier alpha value is -1.61. The molecule has 0 saturated carbocycles. The van der Waals surface area contributed by atoms with E-state index in [1.54, 1.807) is 0 Å². The Morgan fingerprint density at radius 3 is 1.59 bits per heavy atom. The van der Waals surface area contributed by atoms with E-state index in [1.165, 1.54) is 6.08 Å². The van der Waals surface area contributed by atoms with Crippen LogP contribution in [0.1, 0.15) is 0 Å². The molecule has 0 saturated heterocycles. The molecule has 0 heterocycles. The first-order valence-electron chi connectivity index (χ1n) is 4.75. The maximum atomic E-state index is 12.6. The molecular weight excluding hydrogens is 243 g/mol. The van der Waals surface area contributed by atoms with Gasteiger partial charge in [0.2, 0.25) is 0 Å². The van der Waals surface area contributed by atoms with E-state index in [-0.39, 0.29) is 6.16 Å². The lowest BCUT2D eigenvalue weighted by Crippen LogP contribution is -2.29. The normalized spacial score (nSPS) is 17.2. The molecule has 2 N–H and O–H groups in total. The van der Waals surface area contributed by atoms with Gasteiger partial charge in [-0.3, -0.25) is 9.59 Å². The van der Waals surface area contributed by atoms with Gasteiger partial charge in [-0.2, -0.15) is 0 Å². The van der Waals surface area contributed by atoms with Crippen LogP contribution < -0.4 is 0 Å². The summed E-state index contributed by atoms with van der Waals surface area (Å²) in [6.07, 6.45) is 3.04.